The molecule has 0 aliphatic heterocycles. The Morgan fingerprint density at radius 1 is 1.04 bits per heavy atom. The Kier molecular flexibility index (Phi) is 10.7. The van der Waals surface area contributed by atoms with Crippen molar-refractivity contribution in [3.8, 4) is 0 Å². The van der Waals surface area contributed by atoms with Gasteiger partial charge in [-0.3, -0.25) is 0 Å². The normalized spacial score (nSPS) is 12.1. The van der Waals surface area contributed by atoms with Crippen LogP contribution in [0.4, 0.5) is 10.6 Å². The van der Waals surface area contributed by atoms with Crippen LogP contribution in [0.5, 0.6) is 0 Å². The van der Waals surface area contributed by atoms with Crippen molar-refractivity contribution in [1.29, 1.82) is 0 Å². The van der Waals surface area contributed by atoms with Gasteiger partial charge >= 0.3 is 171 Å². The van der Waals surface area contributed by atoms with Crippen LogP contribution in [0.1, 0.15) is 80.1 Å². The van der Waals surface area contributed by atoms with Crippen LogP contribution in [0.2, 0.25) is 13.3 Å². The summed E-state index contributed by atoms with van der Waals surface area (Å²) in [6.45, 7) is 12.5. The van der Waals surface area contributed by atoms with Crippen molar-refractivity contribution in [2.45, 2.75) is 99.0 Å². The number of carbonyl (C=O) groups excluding carboxylic acids is 1. The first-order valence-corrected chi connectivity index (χ1v) is 18.2. The average molecular weight is 483 g/mol. The molecule has 1 rings (SSSR count). The van der Waals surface area contributed by atoms with Crippen LogP contribution < -0.4 is 8.90 Å². The van der Waals surface area contributed by atoms with Gasteiger partial charge in [-0.1, -0.05) is 0 Å². The molecular formula is C22H40N2O2Sn. The van der Waals surface area contributed by atoms with Gasteiger partial charge < -0.3 is 0 Å². The molecule has 27 heavy (non-hydrogen) atoms. The number of amides is 1. The van der Waals surface area contributed by atoms with Gasteiger partial charge in [-0.2, -0.15) is 0 Å². The second-order valence-corrected chi connectivity index (χ2v) is 21.9. The quantitative estimate of drug-likeness (QED) is 0.367. The van der Waals surface area contributed by atoms with E-state index in [-0.39, 0.29) is 0 Å². The Hall–Kier alpha value is -0.781. The summed E-state index contributed by atoms with van der Waals surface area (Å²) in [6, 6.07) is 4.39. The molecule has 4 nitrogen and oxygen atoms in total. The molecule has 0 aliphatic carbocycles. The fourth-order valence-electron chi connectivity index (χ4n) is 3.59. The van der Waals surface area contributed by atoms with Crippen LogP contribution >= 0.6 is 0 Å². The van der Waals surface area contributed by atoms with Gasteiger partial charge in [-0.05, 0) is 0 Å². The number of nitrogens with one attached hydrogen (secondary N) is 1. The Balaban J connectivity index is 3.10. The predicted octanol–water partition coefficient (Wildman–Crippen LogP) is 6.48. The molecule has 1 heterocycles. The Bertz CT molecular complexity index is 548. The minimum atomic E-state index is -2.50. The van der Waals surface area contributed by atoms with Gasteiger partial charge in [-0.25, -0.2) is 0 Å². The van der Waals surface area contributed by atoms with Crippen LogP contribution in [0.3, 0.4) is 0 Å². The molecule has 5 heteroatoms. The molecule has 0 bridgehead atoms. The van der Waals surface area contributed by atoms with Gasteiger partial charge in [0.1, 0.15) is 0 Å². The molecule has 0 spiro atoms. The fourth-order valence-corrected chi connectivity index (χ4v) is 19.5. The number of rotatable bonds is 11. The summed E-state index contributed by atoms with van der Waals surface area (Å²) in [5.74, 6) is 0.632. The van der Waals surface area contributed by atoms with Gasteiger partial charge in [0, 0.05) is 0 Å². The molecule has 0 fully saturated rings. The zero-order chi connectivity index (χ0) is 20.3. The molecule has 0 atom stereocenters. The summed E-state index contributed by atoms with van der Waals surface area (Å²) in [4.78, 5) is 16.5. The number of carbonyl (C=O) groups is 1. The maximum atomic E-state index is 12.1. The SMILES string of the molecule is CCC[CH2][Sn]([CH2]CCC)([CH2]CCC)[c]1ccnc(NC(=O)OC(C)(C)C)c1. The molecule has 0 saturated carbocycles. The number of unbranched alkanes of at least 4 members (excludes halogenated alkanes) is 3. The van der Waals surface area contributed by atoms with E-state index in [2.05, 4.69) is 43.2 Å². The van der Waals surface area contributed by atoms with Gasteiger partial charge in [0.05, 0.1) is 0 Å². The van der Waals surface area contributed by atoms with E-state index in [1.165, 1.54) is 55.4 Å². The van der Waals surface area contributed by atoms with Crippen molar-refractivity contribution >= 4 is 33.9 Å². The maximum absolute atomic E-state index is 12.1. The Morgan fingerprint density at radius 2 is 1.56 bits per heavy atom. The van der Waals surface area contributed by atoms with Crippen molar-refractivity contribution in [3.05, 3.63) is 18.3 Å². The molecule has 1 aromatic heterocycles. The Labute approximate surface area is 170 Å². The second-order valence-electron chi connectivity index (χ2n) is 8.65. The van der Waals surface area contributed by atoms with Crippen LogP contribution in [0.15, 0.2) is 18.3 Å². The van der Waals surface area contributed by atoms with Gasteiger partial charge in [0.15, 0.2) is 0 Å². The van der Waals surface area contributed by atoms with E-state index in [0.717, 1.165) is 0 Å². The van der Waals surface area contributed by atoms with Gasteiger partial charge in [0.25, 0.3) is 0 Å². The molecule has 154 valence electrons. The van der Waals surface area contributed by atoms with Crippen molar-refractivity contribution in [2.24, 2.45) is 0 Å². The standard InChI is InChI=1S/C10H13N2O2.3C4H9.Sn/c1-10(2,3)14-9(13)12-8-6-4-5-7-11-8;3*1-3-4-2;/h5-7H,1-3H3,(H,11,12,13);3*1,3-4H2,2H3;. The third kappa shape index (κ3) is 8.84. The topological polar surface area (TPSA) is 51.2 Å². The summed E-state index contributed by atoms with van der Waals surface area (Å²) in [5.41, 5.74) is -0.506. The number of pyridine rings is 1. The van der Waals surface area contributed by atoms with E-state index < -0.39 is 30.1 Å². The Morgan fingerprint density at radius 3 is 2.00 bits per heavy atom. The molecule has 0 unspecified atom stereocenters. The number of hydrogen-bond acceptors (Lipinski definition) is 3. The molecule has 1 aromatic rings. The number of ether oxygens (including phenoxy) is 1. The van der Waals surface area contributed by atoms with E-state index >= 15 is 0 Å². The molecule has 0 aliphatic rings. The van der Waals surface area contributed by atoms with E-state index in [4.69, 9.17) is 4.74 Å². The second kappa shape index (κ2) is 11.9. The van der Waals surface area contributed by atoms with Crippen molar-refractivity contribution < 1.29 is 9.53 Å². The van der Waals surface area contributed by atoms with Gasteiger partial charge in [-0.15, -0.1) is 0 Å². The average Bonchev–Trinajstić information content (AvgIpc) is 2.60. The molecule has 0 aromatic carbocycles. The molecular weight excluding hydrogens is 443 g/mol. The van der Waals surface area contributed by atoms with Crippen molar-refractivity contribution in [2.75, 3.05) is 5.32 Å². The van der Waals surface area contributed by atoms with E-state index in [0.29, 0.717) is 5.82 Å². The summed E-state index contributed by atoms with van der Waals surface area (Å²) in [7, 11) is 0. The van der Waals surface area contributed by atoms with Crippen molar-refractivity contribution in [1.82, 2.24) is 4.98 Å². The number of hydrogen-bond donors (Lipinski definition) is 1. The monoisotopic (exact) mass is 484 g/mol. The number of aromatic nitrogens is 1. The summed E-state index contributed by atoms with van der Waals surface area (Å²) in [5, 5.41) is 2.84. The van der Waals surface area contributed by atoms with Crippen LogP contribution in [-0.4, -0.2) is 35.1 Å². The molecule has 1 amide bonds. The molecule has 0 saturated heterocycles. The van der Waals surface area contributed by atoms with Crippen molar-refractivity contribution in [3.63, 3.8) is 0 Å². The summed E-state index contributed by atoms with van der Waals surface area (Å²) in [6.07, 6.45) is 9.17. The number of anilines is 1. The first-order valence-electron chi connectivity index (χ1n) is 10.7. The van der Waals surface area contributed by atoms with Crippen LogP contribution in [-0.2, 0) is 4.74 Å². The fraction of sp³-hybridized carbons (Fsp3) is 0.727. The summed E-state index contributed by atoms with van der Waals surface area (Å²) < 4.78 is 11.1. The number of nitrogens with zero attached hydrogens (tertiary/aromatic N) is 1. The zero-order valence-corrected chi connectivity index (χ0v) is 21.2. The van der Waals surface area contributed by atoms with E-state index in [1.807, 2.05) is 27.0 Å². The third-order valence-corrected chi connectivity index (χ3v) is 20.6. The van der Waals surface area contributed by atoms with Crippen LogP contribution in [0, 0.1) is 0 Å². The summed E-state index contributed by atoms with van der Waals surface area (Å²) >= 11 is -2.50. The predicted molar refractivity (Wildman–Crippen MR) is 119 cm³/mol. The molecule has 0 radical (unpaired) electrons. The third-order valence-electron chi connectivity index (χ3n) is 5.03. The first-order chi connectivity index (χ1) is 12.8. The minimum absolute atomic E-state index is 0.427. The first kappa shape index (κ1) is 24.3. The van der Waals surface area contributed by atoms with E-state index in [1.54, 1.807) is 0 Å². The zero-order valence-electron chi connectivity index (χ0n) is 18.4. The van der Waals surface area contributed by atoms with Gasteiger partial charge in [0.2, 0.25) is 0 Å². The molecule has 1 N–H and O–H groups in total. The van der Waals surface area contributed by atoms with Crippen LogP contribution in [0.25, 0.3) is 0 Å². The van der Waals surface area contributed by atoms with E-state index in [9.17, 15) is 4.79 Å².